The molecule has 0 saturated carbocycles. The van der Waals surface area contributed by atoms with Gasteiger partial charge in [-0.05, 0) is 44.0 Å². The van der Waals surface area contributed by atoms with Gasteiger partial charge in [-0.25, -0.2) is 0 Å². The molecule has 1 fully saturated rings. The molecule has 0 amide bonds. The first-order valence-corrected chi connectivity index (χ1v) is 4.95. The molecule has 2 heteroatoms. The van der Waals surface area contributed by atoms with Gasteiger partial charge in [-0.15, -0.1) is 0 Å². The summed E-state index contributed by atoms with van der Waals surface area (Å²) >= 11 is 0. The van der Waals surface area contributed by atoms with Crippen LogP contribution in [0.25, 0.3) is 0 Å². The minimum Gasteiger partial charge on any atom is -0.306 e. The third-order valence-corrected chi connectivity index (χ3v) is 2.78. The van der Waals surface area contributed by atoms with E-state index >= 15 is 0 Å². The van der Waals surface area contributed by atoms with Crippen molar-refractivity contribution in [3.63, 3.8) is 0 Å². The summed E-state index contributed by atoms with van der Waals surface area (Å²) < 4.78 is 0. The van der Waals surface area contributed by atoms with Crippen LogP contribution in [0.4, 0.5) is 0 Å². The highest BCUT2D eigenvalue weighted by atomic mass is 15.1. The SMILES string of the molecule is CN1CCC[C@@H](c2cccnc2)C1. The Morgan fingerprint density at radius 1 is 1.54 bits per heavy atom. The fourth-order valence-electron chi connectivity index (χ4n) is 2.06. The summed E-state index contributed by atoms with van der Waals surface area (Å²) in [5.41, 5.74) is 1.40. The van der Waals surface area contributed by atoms with Crippen molar-refractivity contribution in [3.8, 4) is 0 Å². The summed E-state index contributed by atoms with van der Waals surface area (Å²) in [6.07, 6.45) is 6.48. The van der Waals surface area contributed by atoms with E-state index < -0.39 is 0 Å². The van der Waals surface area contributed by atoms with Crippen LogP contribution < -0.4 is 0 Å². The molecule has 0 bridgehead atoms. The second-order valence-electron chi connectivity index (χ2n) is 3.89. The lowest BCUT2D eigenvalue weighted by Crippen LogP contribution is -2.30. The molecule has 1 aromatic rings. The standard InChI is InChI=1S/C11H16N2/c1-13-7-3-5-11(9-13)10-4-2-6-12-8-10/h2,4,6,8,11H,3,5,7,9H2,1H3/t11-/m1/s1. The van der Waals surface area contributed by atoms with E-state index in [1.54, 1.807) is 0 Å². The molecule has 70 valence electrons. The highest BCUT2D eigenvalue weighted by Crippen LogP contribution is 2.24. The van der Waals surface area contributed by atoms with Gasteiger partial charge in [-0.1, -0.05) is 6.07 Å². The van der Waals surface area contributed by atoms with E-state index in [0.717, 1.165) is 0 Å². The Kier molecular flexibility index (Phi) is 2.60. The van der Waals surface area contributed by atoms with E-state index in [2.05, 4.69) is 23.0 Å². The third kappa shape index (κ3) is 2.07. The summed E-state index contributed by atoms with van der Waals surface area (Å²) in [7, 11) is 2.20. The lowest BCUT2D eigenvalue weighted by Gasteiger charge is -2.29. The largest absolute Gasteiger partial charge is 0.306 e. The van der Waals surface area contributed by atoms with Crippen molar-refractivity contribution in [3.05, 3.63) is 30.1 Å². The summed E-state index contributed by atoms with van der Waals surface area (Å²) in [6.45, 7) is 2.43. The molecule has 13 heavy (non-hydrogen) atoms. The van der Waals surface area contributed by atoms with Crippen LogP contribution in [0.1, 0.15) is 24.3 Å². The first-order chi connectivity index (χ1) is 6.36. The van der Waals surface area contributed by atoms with E-state index in [4.69, 9.17) is 0 Å². The van der Waals surface area contributed by atoms with Gasteiger partial charge >= 0.3 is 0 Å². The topological polar surface area (TPSA) is 16.1 Å². The zero-order valence-corrected chi connectivity index (χ0v) is 8.11. The molecule has 1 atom stereocenters. The fourth-order valence-corrected chi connectivity index (χ4v) is 2.06. The minimum atomic E-state index is 0.701. The Labute approximate surface area is 79.6 Å². The smallest absolute Gasteiger partial charge is 0.0303 e. The van der Waals surface area contributed by atoms with Crippen LogP contribution in [0.3, 0.4) is 0 Å². The second-order valence-corrected chi connectivity index (χ2v) is 3.89. The quantitative estimate of drug-likeness (QED) is 0.649. The van der Waals surface area contributed by atoms with Crippen LogP contribution >= 0.6 is 0 Å². The number of hydrogen-bond acceptors (Lipinski definition) is 2. The average molecular weight is 176 g/mol. The van der Waals surface area contributed by atoms with Gasteiger partial charge in [0.05, 0.1) is 0 Å². The van der Waals surface area contributed by atoms with Gasteiger partial charge in [-0.3, -0.25) is 4.98 Å². The van der Waals surface area contributed by atoms with Crippen LogP contribution in [0.2, 0.25) is 0 Å². The van der Waals surface area contributed by atoms with Crippen molar-refractivity contribution >= 4 is 0 Å². The van der Waals surface area contributed by atoms with Gasteiger partial charge in [0.1, 0.15) is 0 Å². The van der Waals surface area contributed by atoms with E-state index in [9.17, 15) is 0 Å². The Bertz CT molecular complexity index is 258. The van der Waals surface area contributed by atoms with Crippen LogP contribution in [0.5, 0.6) is 0 Å². The van der Waals surface area contributed by atoms with Gasteiger partial charge in [0, 0.05) is 18.9 Å². The van der Waals surface area contributed by atoms with Crippen molar-refractivity contribution in [1.82, 2.24) is 9.88 Å². The molecule has 0 radical (unpaired) electrons. The zero-order valence-electron chi connectivity index (χ0n) is 8.11. The van der Waals surface area contributed by atoms with Gasteiger partial charge in [0.25, 0.3) is 0 Å². The van der Waals surface area contributed by atoms with Gasteiger partial charge < -0.3 is 4.90 Å². The van der Waals surface area contributed by atoms with Crippen molar-refractivity contribution in [2.45, 2.75) is 18.8 Å². The zero-order chi connectivity index (χ0) is 9.10. The molecule has 0 aliphatic carbocycles. The molecule has 0 unspecified atom stereocenters. The second kappa shape index (κ2) is 3.88. The van der Waals surface area contributed by atoms with E-state index in [1.165, 1.54) is 31.5 Å². The number of piperidine rings is 1. The Morgan fingerprint density at radius 2 is 2.46 bits per heavy atom. The van der Waals surface area contributed by atoms with Crippen molar-refractivity contribution in [1.29, 1.82) is 0 Å². The maximum absolute atomic E-state index is 4.17. The molecular weight excluding hydrogens is 160 g/mol. The van der Waals surface area contributed by atoms with Crippen molar-refractivity contribution in [2.24, 2.45) is 0 Å². The molecule has 2 nitrogen and oxygen atoms in total. The monoisotopic (exact) mass is 176 g/mol. The Morgan fingerprint density at radius 3 is 3.15 bits per heavy atom. The first-order valence-electron chi connectivity index (χ1n) is 4.95. The van der Waals surface area contributed by atoms with Crippen molar-refractivity contribution in [2.75, 3.05) is 20.1 Å². The van der Waals surface area contributed by atoms with Crippen LogP contribution in [0, 0.1) is 0 Å². The van der Waals surface area contributed by atoms with Gasteiger partial charge in [0.15, 0.2) is 0 Å². The van der Waals surface area contributed by atoms with E-state index in [0.29, 0.717) is 5.92 Å². The molecule has 2 rings (SSSR count). The Hall–Kier alpha value is -0.890. The summed E-state index contributed by atoms with van der Waals surface area (Å²) in [6, 6.07) is 4.22. The van der Waals surface area contributed by atoms with Gasteiger partial charge in [-0.2, -0.15) is 0 Å². The number of nitrogens with zero attached hydrogens (tertiary/aromatic N) is 2. The highest BCUT2D eigenvalue weighted by molar-refractivity contribution is 5.15. The third-order valence-electron chi connectivity index (χ3n) is 2.78. The summed E-state index contributed by atoms with van der Waals surface area (Å²) in [4.78, 5) is 6.57. The average Bonchev–Trinajstić information content (AvgIpc) is 2.19. The van der Waals surface area contributed by atoms with Crippen LogP contribution in [-0.2, 0) is 0 Å². The predicted octanol–water partition coefficient (Wildman–Crippen LogP) is 1.89. The summed E-state index contributed by atoms with van der Waals surface area (Å²) in [5.74, 6) is 0.701. The maximum Gasteiger partial charge on any atom is 0.0303 e. The molecule has 1 aliphatic rings. The normalized spacial score (nSPS) is 24.5. The number of likely N-dealkylation sites (tertiary alicyclic amines) is 1. The highest BCUT2D eigenvalue weighted by Gasteiger charge is 2.18. The summed E-state index contributed by atoms with van der Waals surface area (Å²) in [5, 5.41) is 0. The van der Waals surface area contributed by atoms with Gasteiger partial charge in [0.2, 0.25) is 0 Å². The van der Waals surface area contributed by atoms with E-state index in [1.807, 2.05) is 18.5 Å². The fraction of sp³-hybridized carbons (Fsp3) is 0.545. The lowest BCUT2D eigenvalue weighted by atomic mass is 9.92. The molecule has 1 saturated heterocycles. The van der Waals surface area contributed by atoms with E-state index in [-0.39, 0.29) is 0 Å². The van der Waals surface area contributed by atoms with Crippen LogP contribution in [0.15, 0.2) is 24.5 Å². The van der Waals surface area contributed by atoms with Crippen LogP contribution in [-0.4, -0.2) is 30.0 Å². The lowest BCUT2D eigenvalue weighted by molar-refractivity contribution is 0.250. The number of pyridine rings is 1. The molecular formula is C11H16N2. The maximum atomic E-state index is 4.17. The molecule has 2 heterocycles. The number of rotatable bonds is 1. The molecule has 0 N–H and O–H groups in total. The van der Waals surface area contributed by atoms with Crippen molar-refractivity contribution < 1.29 is 0 Å². The number of hydrogen-bond donors (Lipinski definition) is 0. The first kappa shape index (κ1) is 8.70. The molecule has 1 aliphatic heterocycles. The number of aromatic nitrogens is 1. The molecule has 0 aromatic carbocycles. The molecule has 0 spiro atoms. The Balaban J connectivity index is 2.08. The predicted molar refractivity (Wildman–Crippen MR) is 53.7 cm³/mol. The minimum absolute atomic E-state index is 0.701. The number of likely N-dealkylation sites (N-methyl/N-ethyl adjacent to an activating group) is 1. The molecule has 1 aromatic heterocycles.